The molecule has 2 heterocycles. The highest BCUT2D eigenvalue weighted by Gasteiger charge is 2.27. The van der Waals surface area contributed by atoms with E-state index in [4.69, 9.17) is 4.74 Å². The Balaban J connectivity index is 1.76. The molecule has 0 spiro atoms. The van der Waals surface area contributed by atoms with E-state index in [1.54, 1.807) is 12.1 Å². The van der Waals surface area contributed by atoms with Crippen molar-refractivity contribution in [3.8, 4) is 0 Å². The summed E-state index contributed by atoms with van der Waals surface area (Å²) in [5.74, 6) is -0.293. The van der Waals surface area contributed by atoms with E-state index in [-0.39, 0.29) is 16.9 Å². The molecule has 2 fully saturated rings. The van der Waals surface area contributed by atoms with Crippen LogP contribution in [-0.4, -0.2) is 51.0 Å². The Hall–Kier alpha value is -0.960. The number of hydrogen-bond donors (Lipinski definition) is 1. The molecule has 0 saturated carbocycles. The van der Waals surface area contributed by atoms with Crippen LogP contribution in [0.4, 0.5) is 0 Å². The number of piperidine rings is 1. The van der Waals surface area contributed by atoms with Crippen LogP contribution in [0, 0.1) is 0 Å². The Kier molecular flexibility index (Phi) is 6.14. The van der Waals surface area contributed by atoms with Gasteiger partial charge < -0.3 is 10.1 Å². The van der Waals surface area contributed by atoms with Crippen molar-refractivity contribution >= 4 is 31.9 Å². The van der Waals surface area contributed by atoms with E-state index in [9.17, 15) is 13.2 Å². The maximum absolute atomic E-state index is 12.8. The van der Waals surface area contributed by atoms with Crippen LogP contribution in [0.1, 0.15) is 42.5 Å². The molecule has 0 radical (unpaired) electrons. The van der Waals surface area contributed by atoms with E-state index in [1.807, 2.05) is 0 Å². The molecule has 0 aromatic heterocycles. The third-order valence-corrected chi connectivity index (χ3v) is 7.24. The summed E-state index contributed by atoms with van der Waals surface area (Å²) in [5, 5.41) is 2.84. The standard InChI is InChI=1S/C17H23BrN2O4S/c18-16-7-6-14(25(22,23)20-8-2-1-3-9-20)11-15(16)17(21)19-12-13-5-4-10-24-13/h6-7,11,13H,1-5,8-10,12H2,(H,19,21)/t13-/m1/s1. The number of hydrogen-bond acceptors (Lipinski definition) is 4. The maximum atomic E-state index is 12.8. The molecule has 1 amide bonds. The van der Waals surface area contributed by atoms with Gasteiger partial charge in [-0.25, -0.2) is 8.42 Å². The van der Waals surface area contributed by atoms with Crippen LogP contribution in [0.15, 0.2) is 27.6 Å². The summed E-state index contributed by atoms with van der Waals surface area (Å²) in [6, 6.07) is 4.63. The number of carbonyl (C=O) groups excluding carboxylic acids is 1. The predicted octanol–water partition coefficient (Wildman–Crippen LogP) is 2.53. The van der Waals surface area contributed by atoms with Crippen LogP contribution in [0.5, 0.6) is 0 Å². The van der Waals surface area contributed by atoms with E-state index in [1.165, 1.54) is 10.4 Å². The number of halogens is 1. The predicted molar refractivity (Wildman–Crippen MR) is 98.1 cm³/mol. The minimum Gasteiger partial charge on any atom is -0.376 e. The second-order valence-corrected chi connectivity index (χ2v) is 9.24. The normalized spacial score (nSPS) is 22.0. The second kappa shape index (κ2) is 8.16. The second-order valence-electron chi connectivity index (χ2n) is 6.45. The summed E-state index contributed by atoms with van der Waals surface area (Å²) >= 11 is 3.35. The molecule has 2 saturated heterocycles. The van der Waals surface area contributed by atoms with Crippen molar-refractivity contribution in [3.63, 3.8) is 0 Å². The van der Waals surface area contributed by atoms with Gasteiger partial charge in [0, 0.05) is 30.7 Å². The topological polar surface area (TPSA) is 75.7 Å². The molecule has 138 valence electrons. The van der Waals surface area contributed by atoms with Crippen molar-refractivity contribution in [1.82, 2.24) is 9.62 Å². The molecule has 6 nitrogen and oxygen atoms in total. The largest absolute Gasteiger partial charge is 0.376 e. The number of ether oxygens (including phenoxy) is 1. The van der Waals surface area contributed by atoms with Gasteiger partial charge in [0.05, 0.1) is 16.6 Å². The van der Waals surface area contributed by atoms with Gasteiger partial charge in [0.1, 0.15) is 0 Å². The number of nitrogens with one attached hydrogen (secondary N) is 1. The van der Waals surface area contributed by atoms with Gasteiger partial charge in [0.15, 0.2) is 0 Å². The highest BCUT2D eigenvalue weighted by atomic mass is 79.9. The summed E-state index contributed by atoms with van der Waals surface area (Å²) in [5.41, 5.74) is 0.330. The van der Waals surface area contributed by atoms with Crippen LogP contribution in [-0.2, 0) is 14.8 Å². The first-order valence-corrected chi connectivity index (χ1v) is 10.9. The Morgan fingerprint density at radius 3 is 2.68 bits per heavy atom. The molecule has 8 heteroatoms. The van der Waals surface area contributed by atoms with Crippen molar-refractivity contribution in [3.05, 3.63) is 28.2 Å². The van der Waals surface area contributed by atoms with Crippen molar-refractivity contribution < 1.29 is 17.9 Å². The van der Waals surface area contributed by atoms with Crippen LogP contribution in [0.25, 0.3) is 0 Å². The Morgan fingerprint density at radius 1 is 1.24 bits per heavy atom. The first-order valence-electron chi connectivity index (χ1n) is 8.68. The van der Waals surface area contributed by atoms with E-state index in [0.717, 1.165) is 38.7 Å². The summed E-state index contributed by atoms with van der Waals surface area (Å²) in [6.45, 7) is 2.25. The quantitative estimate of drug-likeness (QED) is 0.778. The zero-order chi connectivity index (χ0) is 17.9. The van der Waals surface area contributed by atoms with Gasteiger partial charge >= 0.3 is 0 Å². The number of sulfonamides is 1. The molecule has 1 aromatic rings. The van der Waals surface area contributed by atoms with Crippen LogP contribution in [0.3, 0.4) is 0 Å². The average Bonchev–Trinajstić information content (AvgIpc) is 3.14. The highest BCUT2D eigenvalue weighted by molar-refractivity contribution is 9.10. The molecular formula is C17H23BrN2O4S. The van der Waals surface area contributed by atoms with Crippen molar-refractivity contribution in [2.75, 3.05) is 26.2 Å². The van der Waals surface area contributed by atoms with Crippen LogP contribution >= 0.6 is 15.9 Å². The summed E-state index contributed by atoms with van der Waals surface area (Å²) < 4.78 is 33.2. The fourth-order valence-electron chi connectivity index (χ4n) is 3.20. The van der Waals surface area contributed by atoms with E-state index in [2.05, 4.69) is 21.2 Å². The minimum atomic E-state index is -3.56. The third kappa shape index (κ3) is 4.42. The fraction of sp³-hybridized carbons (Fsp3) is 0.588. The van der Waals surface area contributed by atoms with E-state index in [0.29, 0.717) is 29.7 Å². The molecule has 1 N–H and O–H groups in total. The van der Waals surface area contributed by atoms with Gasteiger partial charge in [-0.1, -0.05) is 6.42 Å². The minimum absolute atomic E-state index is 0.0444. The average molecular weight is 431 g/mol. The first-order chi connectivity index (χ1) is 12.0. The van der Waals surface area contributed by atoms with Gasteiger partial charge in [-0.05, 0) is 59.8 Å². The Bertz CT molecular complexity index is 726. The molecule has 0 unspecified atom stereocenters. The summed E-state index contributed by atoms with van der Waals surface area (Å²) in [6.07, 6.45) is 4.81. The number of amides is 1. The first kappa shape index (κ1) is 18.8. The van der Waals surface area contributed by atoms with E-state index >= 15 is 0 Å². The summed E-state index contributed by atoms with van der Waals surface area (Å²) in [4.78, 5) is 12.6. The monoisotopic (exact) mass is 430 g/mol. The molecule has 0 aliphatic carbocycles. The molecule has 0 bridgehead atoms. The van der Waals surface area contributed by atoms with Crippen molar-refractivity contribution in [2.45, 2.75) is 43.1 Å². The number of rotatable bonds is 5. The lowest BCUT2D eigenvalue weighted by Gasteiger charge is -2.26. The van der Waals surface area contributed by atoms with Crippen molar-refractivity contribution in [1.29, 1.82) is 0 Å². The van der Waals surface area contributed by atoms with Crippen LogP contribution in [0.2, 0.25) is 0 Å². The fourth-order valence-corrected chi connectivity index (χ4v) is 5.17. The number of nitrogens with zero attached hydrogens (tertiary/aromatic N) is 1. The smallest absolute Gasteiger partial charge is 0.252 e. The lowest BCUT2D eigenvalue weighted by molar-refractivity contribution is 0.0857. The van der Waals surface area contributed by atoms with Crippen molar-refractivity contribution in [2.24, 2.45) is 0 Å². The number of carbonyl (C=O) groups is 1. The molecule has 1 aromatic carbocycles. The van der Waals surface area contributed by atoms with Gasteiger partial charge in [-0.2, -0.15) is 4.31 Å². The summed E-state index contributed by atoms with van der Waals surface area (Å²) in [7, 11) is -3.56. The zero-order valence-corrected chi connectivity index (χ0v) is 16.4. The molecule has 2 aliphatic rings. The zero-order valence-electron chi connectivity index (χ0n) is 14.0. The molecular weight excluding hydrogens is 408 g/mol. The van der Waals surface area contributed by atoms with E-state index < -0.39 is 10.0 Å². The lowest BCUT2D eigenvalue weighted by atomic mass is 10.2. The third-order valence-electron chi connectivity index (χ3n) is 4.65. The molecule has 25 heavy (non-hydrogen) atoms. The van der Waals surface area contributed by atoms with Gasteiger partial charge in [-0.15, -0.1) is 0 Å². The van der Waals surface area contributed by atoms with Crippen LogP contribution < -0.4 is 5.32 Å². The van der Waals surface area contributed by atoms with Gasteiger partial charge in [-0.3, -0.25) is 4.79 Å². The SMILES string of the molecule is O=C(NC[C@H]1CCCO1)c1cc(S(=O)(=O)N2CCCCC2)ccc1Br. The molecule has 3 rings (SSSR count). The number of benzene rings is 1. The molecule has 2 aliphatic heterocycles. The van der Waals surface area contributed by atoms with Gasteiger partial charge in [0.25, 0.3) is 5.91 Å². The lowest BCUT2D eigenvalue weighted by Crippen LogP contribution is -2.36. The molecule has 1 atom stereocenters. The Labute approximate surface area is 157 Å². The maximum Gasteiger partial charge on any atom is 0.252 e. The van der Waals surface area contributed by atoms with Gasteiger partial charge in [0.2, 0.25) is 10.0 Å². The highest BCUT2D eigenvalue weighted by Crippen LogP contribution is 2.25. The Morgan fingerprint density at radius 2 is 2.00 bits per heavy atom.